The van der Waals surface area contributed by atoms with Gasteiger partial charge in [0, 0.05) is 0 Å². The number of allylic oxidation sites excluding steroid dienone is 18. The molecule has 0 rings (SSSR count). The topological polar surface area (TPSA) is 90.9 Å². The third-order valence-corrected chi connectivity index (χ3v) is 10.9. The molecule has 0 fully saturated rings. The fourth-order valence-corrected chi connectivity index (χ4v) is 6.67. The molecule has 342 valence electrons. The van der Waals surface area contributed by atoms with Crippen LogP contribution in [0, 0.1) is 0 Å². The first-order valence-electron chi connectivity index (χ1n) is 22.7. The van der Waals surface area contributed by atoms with Crippen molar-refractivity contribution in [2.24, 2.45) is 0 Å². The summed E-state index contributed by atoms with van der Waals surface area (Å²) in [4.78, 5) is 22.3. The van der Waals surface area contributed by atoms with Crippen molar-refractivity contribution in [3.05, 3.63) is 116 Å². The summed E-state index contributed by atoms with van der Waals surface area (Å²) in [6.07, 6.45) is 39.2. The van der Waals surface area contributed by atoms with Crippen LogP contribution in [0.2, 0.25) is 0 Å². The van der Waals surface area contributed by atoms with Crippen LogP contribution in [-0.4, -0.2) is 32.5 Å². The zero-order valence-electron chi connectivity index (χ0n) is 40.4. The molecule has 7 heteroatoms. The van der Waals surface area contributed by atoms with Crippen molar-refractivity contribution in [1.82, 2.24) is 0 Å². The third-order valence-electron chi connectivity index (χ3n) is 10.4. The van der Waals surface area contributed by atoms with Crippen molar-refractivity contribution in [1.29, 1.82) is 0 Å². The number of ether oxygens (including phenoxy) is 2. The zero-order valence-corrected chi connectivity index (χ0v) is 41.3. The second kappa shape index (κ2) is 36.0. The monoisotopic (exact) mass is 851 g/mol. The molecule has 1 atom stereocenters. The molecule has 0 aromatic heterocycles. The minimum absolute atomic E-state index is 0.123. The van der Waals surface area contributed by atoms with Gasteiger partial charge in [-0.1, -0.05) is 116 Å². The predicted molar refractivity (Wildman–Crippen MR) is 257 cm³/mol. The van der Waals surface area contributed by atoms with Gasteiger partial charge in [0.15, 0.2) is 0 Å². The minimum atomic E-state index is -5.12. The average molecular weight is 851 g/mol. The maximum Gasteiger partial charge on any atom is 0.105 e. The van der Waals surface area contributed by atoms with Crippen LogP contribution in [0.1, 0.15) is 186 Å². The van der Waals surface area contributed by atoms with Gasteiger partial charge < -0.3 is 28.3 Å². The fraction of sp³-hybridized carbons (Fsp3) is 0.623. The Kier molecular flexibility index (Phi) is 34.4. The van der Waals surface area contributed by atoms with Crippen LogP contribution >= 0.6 is 7.82 Å². The highest BCUT2D eigenvalue weighted by molar-refractivity contribution is 7.43. The van der Waals surface area contributed by atoms with E-state index in [9.17, 15) is 14.4 Å². The lowest BCUT2D eigenvalue weighted by Crippen LogP contribution is -2.28. The first-order chi connectivity index (χ1) is 28.4. The van der Waals surface area contributed by atoms with Gasteiger partial charge in [-0.25, -0.2) is 0 Å². The smallest absolute Gasteiger partial charge is 0.105 e. The molecule has 0 radical (unpaired) electrons. The Morgan fingerprint density at radius 3 is 0.950 bits per heavy atom. The zero-order chi connectivity index (χ0) is 45.2. The number of phosphoric acid groups is 1. The van der Waals surface area contributed by atoms with Gasteiger partial charge >= 0.3 is 0 Å². The molecule has 0 saturated carbocycles. The molecule has 0 aliphatic rings. The van der Waals surface area contributed by atoms with Crippen molar-refractivity contribution >= 4 is 7.82 Å². The summed E-state index contributed by atoms with van der Waals surface area (Å²) in [7, 11) is -5.12. The maximum atomic E-state index is 11.2. The average Bonchev–Trinajstić information content (AvgIpc) is 3.14. The van der Waals surface area contributed by atoms with Gasteiger partial charge in [-0.3, -0.25) is 0 Å². The number of hydrogen-bond acceptors (Lipinski definition) is 6. The van der Waals surface area contributed by atoms with Gasteiger partial charge in [0.2, 0.25) is 0 Å². The summed E-state index contributed by atoms with van der Waals surface area (Å²) in [6, 6.07) is 0. The van der Waals surface area contributed by atoms with Crippen LogP contribution in [0.25, 0.3) is 0 Å². The molecule has 0 unspecified atom stereocenters. The molecule has 6 nitrogen and oxygen atoms in total. The van der Waals surface area contributed by atoms with E-state index in [2.05, 4.69) is 136 Å². The molecule has 0 saturated heterocycles. The minimum Gasteiger partial charge on any atom is -0.790 e. The van der Waals surface area contributed by atoms with Crippen LogP contribution in [-0.2, 0) is 18.6 Å². The number of phosphoric ester groups is 1. The molecule has 0 bridgehead atoms. The van der Waals surface area contributed by atoms with Crippen molar-refractivity contribution in [2.75, 3.05) is 26.4 Å². The Morgan fingerprint density at radius 2 is 0.667 bits per heavy atom. The molecule has 0 aliphatic carbocycles. The summed E-state index contributed by atoms with van der Waals surface area (Å²) in [5.41, 5.74) is 13.9. The predicted octanol–water partition coefficient (Wildman–Crippen LogP) is 15.0. The van der Waals surface area contributed by atoms with Gasteiger partial charge in [-0.05, 0) is 186 Å². The highest BCUT2D eigenvalue weighted by Gasteiger charge is 2.11. The molecule has 0 aromatic carbocycles. The van der Waals surface area contributed by atoms with Gasteiger partial charge in [0.25, 0.3) is 0 Å². The van der Waals surface area contributed by atoms with E-state index in [0.717, 1.165) is 103 Å². The second-order valence-electron chi connectivity index (χ2n) is 17.5. The molecule has 60 heavy (non-hydrogen) atoms. The van der Waals surface area contributed by atoms with Crippen LogP contribution in [0.15, 0.2) is 116 Å². The van der Waals surface area contributed by atoms with E-state index in [0.29, 0.717) is 6.61 Å². The molecule has 0 aromatic rings. The Balaban J connectivity index is 4.61. The molecule has 0 spiro atoms. The Morgan fingerprint density at radius 1 is 0.400 bits per heavy atom. The van der Waals surface area contributed by atoms with Crippen molar-refractivity contribution in [3.8, 4) is 0 Å². The molecule has 0 amide bonds. The van der Waals surface area contributed by atoms with E-state index in [1.165, 1.54) is 55.7 Å². The quantitative estimate of drug-likeness (QED) is 0.0364. The van der Waals surface area contributed by atoms with Gasteiger partial charge in [-0.2, -0.15) is 0 Å². The summed E-state index contributed by atoms with van der Waals surface area (Å²) in [6.45, 7) is 26.6. The van der Waals surface area contributed by atoms with Crippen molar-refractivity contribution in [3.63, 3.8) is 0 Å². The van der Waals surface area contributed by atoms with Crippen LogP contribution in [0.5, 0.6) is 0 Å². The first kappa shape index (κ1) is 57.4. The van der Waals surface area contributed by atoms with E-state index >= 15 is 0 Å². The molecule has 0 heterocycles. The molecule has 0 aliphatic heterocycles. The van der Waals surface area contributed by atoms with E-state index in [1.54, 1.807) is 0 Å². The van der Waals surface area contributed by atoms with Gasteiger partial charge in [0.1, 0.15) is 6.10 Å². The molecule has 0 N–H and O–H groups in total. The van der Waals surface area contributed by atoms with Crippen LogP contribution in [0.4, 0.5) is 0 Å². The Labute approximate surface area is 369 Å². The van der Waals surface area contributed by atoms with Crippen LogP contribution in [0.3, 0.4) is 0 Å². The van der Waals surface area contributed by atoms with Crippen molar-refractivity contribution < 1.29 is 28.3 Å². The standard InChI is InChI=1S/C53H89O6P/c1-43(2)21-13-23-45(5)25-15-27-47(7)29-17-31-49(9)33-19-35-51(11)37-39-57-41-53(42-59-60(54,55)56)58-40-38-52(12)36-20-34-50(10)32-18-30-48(8)28-16-26-46(6)24-14-22-44(3)4/h21-22,25-26,29-30,33-34,37-38,53H,13-20,23-24,27-28,31-32,35-36,39-42H2,1-12H3,(H2,54,55,56)/p-2/b45-25+,46-26+,47-29+,48-30+,49-33+,50-34+,51-37+,52-38+/t53-/m0/s1. The summed E-state index contributed by atoms with van der Waals surface area (Å²) in [5, 5.41) is 0. The summed E-state index contributed by atoms with van der Waals surface area (Å²) in [5.74, 6) is 0. The normalized spacial score (nSPS) is 14.8. The highest BCUT2D eigenvalue weighted by Crippen LogP contribution is 2.25. The SMILES string of the molecule is CC(C)=CCC/C(C)=C/CC/C(C)=C/CC/C(C)=C/CC/C(C)=C/COC[C@@H](COP(=O)([O-])[O-])OC/C=C(\C)CC/C=C(\C)CC/C=C(\C)CC/C=C(\C)CCC=C(C)C. The van der Waals surface area contributed by atoms with Crippen LogP contribution < -0.4 is 9.79 Å². The largest absolute Gasteiger partial charge is 0.790 e. The summed E-state index contributed by atoms with van der Waals surface area (Å²) >= 11 is 0. The number of hydrogen-bond donors (Lipinski definition) is 0. The lowest BCUT2D eigenvalue weighted by molar-refractivity contribution is -0.343. The number of rotatable bonds is 34. The lowest BCUT2D eigenvalue weighted by atomic mass is 10.0. The van der Waals surface area contributed by atoms with Gasteiger partial charge in [-0.15, -0.1) is 0 Å². The van der Waals surface area contributed by atoms with E-state index in [1.807, 2.05) is 12.2 Å². The maximum absolute atomic E-state index is 11.2. The van der Waals surface area contributed by atoms with E-state index in [4.69, 9.17) is 9.47 Å². The van der Waals surface area contributed by atoms with E-state index in [-0.39, 0.29) is 19.8 Å². The lowest BCUT2D eigenvalue weighted by Gasteiger charge is -2.30. The van der Waals surface area contributed by atoms with Gasteiger partial charge in [0.05, 0.1) is 34.3 Å². The first-order valence-corrected chi connectivity index (χ1v) is 24.2. The second-order valence-corrected chi connectivity index (χ2v) is 18.7. The Bertz CT molecular complexity index is 1550. The van der Waals surface area contributed by atoms with E-state index < -0.39 is 13.9 Å². The highest BCUT2D eigenvalue weighted by atomic mass is 31.2. The summed E-state index contributed by atoms with van der Waals surface area (Å²) < 4.78 is 27.4. The molecular formula is C53H87O6P-2. The Hall–Kier alpha value is -2.57. The third kappa shape index (κ3) is 39.6. The molecular weight excluding hydrogens is 764 g/mol. The fourth-order valence-electron chi connectivity index (χ4n) is 6.32. The van der Waals surface area contributed by atoms with Crippen molar-refractivity contribution in [2.45, 2.75) is 192 Å².